The van der Waals surface area contributed by atoms with Gasteiger partial charge in [-0.05, 0) is 31.4 Å². The SMILES string of the molecule is Cc1ccc(CN2CCCC2=O)c(C)c1. The predicted molar refractivity (Wildman–Crippen MR) is 60.6 cm³/mol. The first-order chi connectivity index (χ1) is 7.16. The number of carbonyl (C=O) groups excluding carboxylic acids is 1. The van der Waals surface area contributed by atoms with Gasteiger partial charge in [-0.25, -0.2) is 0 Å². The summed E-state index contributed by atoms with van der Waals surface area (Å²) in [5.41, 5.74) is 3.84. The number of benzene rings is 1. The fraction of sp³-hybridized carbons (Fsp3) is 0.462. The van der Waals surface area contributed by atoms with Crippen LogP contribution in [0.25, 0.3) is 0 Å². The van der Waals surface area contributed by atoms with E-state index in [1.54, 1.807) is 0 Å². The van der Waals surface area contributed by atoms with Crippen LogP contribution in [0.2, 0.25) is 0 Å². The number of amides is 1. The average Bonchev–Trinajstić information content (AvgIpc) is 2.57. The molecule has 1 aliphatic rings. The van der Waals surface area contributed by atoms with Crippen molar-refractivity contribution >= 4 is 5.91 Å². The van der Waals surface area contributed by atoms with Gasteiger partial charge in [0.25, 0.3) is 0 Å². The second kappa shape index (κ2) is 4.05. The van der Waals surface area contributed by atoms with Crippen molar-refractivity contribution in [3.8, 4) is 0 Å². The zero-order valence-corrected chi connectivity index (χ0v) is 9.42. The molecular formula is C13H17NO. The maximum absolute atomic E-state index is 11.5. The Morgan fingerprint density at radius 2 is 2.13 bits per heavy atom. The molecule has 1 aromatic carbocycles. The van der Waals surface area contributed by atoms with Gasteiger partial charge in [0.15, 0.2) is 0 Å². The van der Waals surface area contributed by atoms with E-state index >= 15 is 0 Å². The van der Waals surface area contributed by atoms with Crippen molar-refractivity contribution in [2.45, 2.75) is 33.2 Å². The number of likely N-dealkylation sites (tertiary alicyclic amines) is 1. The standard InChI is InChI=1S/C13H17NO/c1-10-5-6-12(11(2)8-10)9-14-7-3-4-13(14)15/h5-6,8H,3-4,7,9H2,1-2H3. The lowest BCUT2D eigenvalue weighted by Gasteiger charge is -2.17. The molecular weight excluding hydrogens is 186 g/mol. The van der Waals surface area contributed by atoms with Gasteiger partial charge in [-0.2, -0.15) is 0 Å². The highest BCUT2D eigenvalue weighted by atomic mass is 16.2. The molecule has 0 aromatic heterocycles. The van der Waals surface area contributed by atoms with Crippen LogP contribution in [0.1, 0.15) is 29.5 Å². The Labute approximate surface area is 90.9 Å². The van der Waals surface area contributed by atoms with Crippen molar-refractivity contribution in [1.29, 1.82) is 0 Å². The van der Waals surface area contributed by atoms with Crippen LogP contribution in [0.4, 0.5) is 0 Å². The molecule has 0 atom stereocenters. The van der Waals surface area contributed by atoms with E-state index in [9.17, 15) is 4.79 Å². The molecule has 1 fully saturated rings. The Bertz CT molecular complexity index is 384. The Morgan fingerprint density at radius 3 is 2.73 bits per heavy atom. The fourth-order valence-electron chi connectivity index (χ4n) is 2.10. The minimum Gasteiger partial charge on any atom is -0.338 e. The van der Waals surface area contributed by atoms with E-state index in [0.717, 1.165) is 25.9 Å². The van der Waals surface area contributed by atoms with Crippen LogP contribution >= 0.6 is 0 Å². The van der Waals surface area contributed by atoms with Crippen molar-refractivity contribution in [2.75, 3.05) is 6.54 Å². The summed E-state index contributed by atoms with van der Waals surface area (Å²) in [7, 11) is 0. The molecule has 80 valence electrons. The van der Waals surface area contributed by atoms with Gasteiger partial charge < -0.3 is 4.90 Å². The molecule has 0 radical (unpaired) electrons. The Morgan fingerprint density at radius 1 is 1.33 bits per heavy atom. The minimum atomic E-state index is 0.301. The summed E-state index contributed by atoms with van der Waals surface area (Å²) in [5.74, 6) is 0.301. The molecule has 1 aliphatic heterocycles. The quantitative estimate of drug-likeness (QED) is 0.723. The summed E-state index contributed by atoms with van der Waals surface area (Å²) >= 11 is 0. The molecule has 1 saturated heterocycles. The first-order valence-electron chi connectivity index (χ1n) is 5.51. The van der Waals surface area contributed by atoms with Crippen molar-refractivity contribution in [3.63, 3.8) is 0 Å². The van der Waals surface area contributed by atoms with Gasteiger partial charge in [-0.15, -0.1) is 0 Å². The van der Waals surface area contributed by atoms with E-state index in [4.69, 9.17) is 0 Å². The summed E-state index contributed by atoms with van der Waals surface area (Å²) in [6.45, 7) is 5.91. The van der Waals surface area contributed by atoms with Gasteiger partial charge in [0.05, 0.1) is 0 Å². The predicted octanol–water partition coefficient (Wildman–Crippen LogP) is 2.43. The largest absolute Gasteiger partial charge is 0.338 e. The maximum Gasteiger partial charge on any atom is 0.222 e. The third-order valence-corrected chi connectivity index (χ3v) is 3.03. The molecule has 2 heteroatoms. The molecule has 0 aliphatic carbocycles. The van der Waals surface area contributed by atoms with E-state index in [2.05, 4.69) is 32.0 Å². The lowest BCUT2D eigenvalue weighted by atomic mass is 10.1. The summed E-state index contributed by atoms with van der Waals surface area (Å²) in [5, 5.41) is 0. The van der Waals surface area contributed by atoms with Crippen molar-refractivity contribution in [3.05, 3.63) is 34.9 Å². The lowest BCUT2D eigenvalue weighted by Crippen LogP contribution is -2.24. The second-order valence-corrected chi connectivity index (χ2v) is 4.35. The molecule has 2 rings (SSSR count). The Hall–Kier alpha value is -1.31. The highest BCUT2D eigenvalue weighted by Crippen LogP contribution is 2.17. The number of rotatable bonds is 2. The van der Waals surface area contributed by atoms with Crippen LogP contribution < -0.4 is 0 Å². The molecule has 0 N–H and O–H groups in total. The van der Waals surface area contributed by atoms with Gasteiger partial charge in [-0.3, -0.25) is 4.79 Å². The van der Waals surface area contributed by atoms with Crippen LogP contribution in [0.5, 0.6) is 0 Å². The van der Waals surface area contributed by atoms with Crippen molar-refractivity contribution in [1.82, 2.24) is 4.90 Å². The lowest BCUT2D eigenvalue weighted by molar-refractivity contribution is -0.128. The summed E-state index contributed by atoms with van der Waals surface area (Å²) < 4.78 is 0. The molecule has 1 heterocycles. The molecule has 1 amide bonds. The van der Waals surface area contributed by atoms with E-state index in [1.807, 2.05) is 4.90 Å². The number of hydrogen-bond acceptors (Lipinski definition) is 1. The van der Waals surface area contributed by atoms with Crippen LogP contribution in [0.3, 0.4) is 0 Å². The zero-order chi connectivity index (χ0) is 10.8. The van der Waals surface area contributed by atoms with Gasteiger partial charge in [0.2, 0.25) is 5.91 Å². The minimum absolute atomic E-state index is 0.301. The van der Waals surface area contributed by atoms with Gasteiger partial charge >= 0.3 is 0 Å². The van der Waals surface area contributed by atoms with E-state index < -0.39 is 0 Å². The normalized spacial score (nSPS) is 16.1. The number of nitrogens with zero attached hydrogens (tertiary/aromatic N) is 1. The third kappa shape index (κ3) is 2.20. The highest BCUT2D eigenvalue weighted by Gasteiger charge is 2.20. The molecule has 2 nitrogen and oxygen atoms in total. The van der Waals surface area contributed by atoms with Crippen LogP contribution in [0.15, 0.2) is 18.2 Å². The molecule has 0 spiro atoms. The van der Waals surface area contributed by atoms with E-state index in [1.165, 1.54) is 16.7 Å². The summed E-state index contributed by atoms with van der Waals surface area (Å²) in [6, 6.07) is 6.43. The first-order valence-corrected chi connectivity index (χ1v) is 5.51. The van der Waals surface area contributed by atoms with Crippen LogP contribution in [-0.2, 0) is 11.3 Å². The highest BCUT2D eigenvalue weighted by molar-refractivity contribution is 5.78. The smallest absolute Gasteiger partial charge is 0.222 e. The number of aryl methyl sites for hydroxylation is 2. The molecule has 15 heavy (non-hydrogen) atoms. The maximum atomic E-state index is 11.5. The Kier molecular flexibility index (Phi) is 2.76. The monoisotopic (exact) mass is 203 g/mol. The number of carbonyl (C=O) groups is 1. The summed E-state index contributed by atoms with van der Waals surface area (Å²) in [6.07, 6.45) is 1.74. The van der Waals surface area contributed by atoms with Crippen molar-refractivity contribution < 1.29 is 4.79 Å². The molecule has 0 unspecified atom stereocenters. The van der Waals surface area contributed by atoms with Crippen LogP contribution in [0, 0.1) is 13.8 Å². The van der Waals surface area contributed by atoms with Gasteiger partial charge in [0.1, 0.15) is 0 Å². The van der Waals surface area contributed by atoms with Gasteiger partial charge in [-0.1, -0.05) is 23.8 Å². The van der Waals surface area contributed by atoms with E-state index in [-0.39, 0.29) is 0 Å². The first kappa shape index (κ1) is 10.2. The third-order valence-electron chi connectivity index (χ3n) is 3.03. The molecule has 0 bridgehead atoms. The number of hydrogen-bond donors (Lipinski definition) is 0. The fourth-order valence-corrected chi connectivity index (χ4v) is 2.10. The van der Waals surface area contributed by atoms with Gasteiger partial charge in [0, 0.05) is 19.5 Å². The van der Waals surface area contributed by atoms with Crippen molar-refractivity contribution in [2.24, 2.45) is 0 Å². The Balaban J connectivity index is 2.13. The van der Waals surface area contributed by atoms with Crippen LogP contribution in [-0.4, -0.2) is 17.4 Å². The average molecular weight is 203 g/mol. The molecule has 1 aromatic rings. The van der Waals surface area contributed by atoms with E-state index in [0.29, 0.717) is 5.91 Å². The molecule has 0 saturated carbocycles. The zero-order valence-electron chi connectivity index (χ0n) is 9.42. The topological polar surface area (TPSA) is 20.3 Å². The second-order valence-electron chi connectivity index (χ2n) is 4.35. The summed E-state index contributed by atoms with van der Waals surface area (Å²) in [4.78, 5) is 13.4.